The van der Waals surface area contributed by atoms with Crippen molar-refractivity contribution in [2.75, 3.05) is 19.8 Å². The monoisotopic (exact) mass is 406 g/mol. The molecule has 0 unspecified atom stereocenters. The molecule has 1 fully saturated rings. The molecular formula is C20H27ClN4O3. The van der Waals surface area contributed by atoms with Gasteiger partial charge >= 0.3 is 0 Å². The van der Waals surface area contributed by atoms with E-state index >= 15 is 0 Å². The number of hydrogen-bond acceptors (Lipinski definition) is 5. The maximum Gasteiger partial charge on any atom is 0.273 e. The molecular weight excluding hydrogens is 380 g/mol. The number of benzene rings is 1. The molecule has 2 aromatic rings. The molecule has 7 nitrogen and oxygen atoms in total. The second-order valence-corrected chi connectivity index (χ2v) is 7.43. The molecule has 152 valence electrons. The minimum atomic E-state index is -0.407. The smallest absolute Gasteiger partial charge is 0.273 e. The van der Waals surface area contributed by atoms with Gasteiger partial charge in [0, 0.05) is 30.2 Å². The molecule has 8 heteroatoms. The van der Waals surface area contributed by atoms with E-state index in [2.05, 4.69) is 15.6 Å². The Balaban J connectivity index is 1.59. The Morgan fingerprint density at radius 1 is 1.25 bits per heavy atom. The van der Waals surface area contributed by atoms with Crippen molar-refractivity contribution < 1.29 is 14.3 Å². The first-order valence-corrected chi connectivity index (χ1v) is 10.1. The highest BCUT2D eigenvalue weighted by Gasteiger charge is 2.39. The number of carbonyl (C=O) groups excluding carboxylic acids is 1. The lowest BCUT2D eigenvalue weighted by Crippen LogP contribution is -2.45. The van der Waals surface area contributed by atoms with E-state index in [0.29, 0.717) is 26.3 Å². The third-order valence-electron chi connectivity index (χ3n) is 5.17. The highest BCUT2D eigenvalue weighted by atomic mass is 35.5. The summed E-state index contributed by atoms with van der Waals surface area (Å²) in [6, 6.07) is 7.89. The van der Waals surface area contributed by atoms with Crippen LogP contribution in [0.5, 0.6) is 0 Å². The quantitative estimate of drug-likeness (QED) is 0.613. The summed E-state index contributed by atoms with van der Waals surface area (Å²) < 4.78 is 12.6. The predicted molar refractivity (Wildman–Crippen MR) is 106 cm³/mol. The van der Waals surface area contributed by atoms with Crippen LogP contribution < -0.4 is 5.32 Å². The Morgan fingerprint density at radius 3 is 2.50 bits per heavy atom. The fourth-order valence-corrected chi connectivity index (χ4v) is 3.61. The molecule has 1 heterocycles. The Labute approximate surface area is 170 Å². The minimum Gasteiger partial charge on any atom is -0.351 e. The Kier molecular flexibility index (Phi) is 7.04. The van der Waals surface area contributed by atoms with E-state index in [0.717, 1.165) is 24.3 Å². The van der Waals surface area contributed by atoms with Gasteiger partial charge in [-0.15, -0.1) is 5.10 Å². The summed E-state index contributed by atoms with van der Waals surface area (Å²) in [6.07, 6.45) is 4.47. The van der Waals surface area contributed by atoms with Crippen molar-refractivity contribution in [1.29, 1.82) is 0 Å². The number of halogens is 1. The van der Waals surface area contributed by atoms with Crippen LogP contribution in [0.3, 0.4) is 0 Å². The van der Waals surface area contributed by atoms with E-state index in [1.807, 2.05) is 38.1 Å². The number of aromatic nitrogens is 3. The van der Waals surface area contributed by atoms with E-state index in [1.54, 1.807) is 10.9 Å². The minimum absolute atomic E-state index is 0.0225. The zero-order valence-electron chi connectivity index (χ0n) is 16.4. The Hall–Kier alpha value is -1.96. The highest BCUT2D eigenvalue weighted by molar-refractivity contribution is 6.30. The summed E-state index contributed by atoms with van der Waals surface area (Å²) in [6.45, 7) is 5.85. The Morgan fingerprint density at radius 2 is 1.93 bits per heavy atom. The van der Waals surface area contributed by atoms with Crippen molar-refractivity contribution in [1.82, 2.24) is 20.3 Å². The number of nitrogens with zero attached hydrogens (tertiary/aromatic N) is 3. The molecule has 1 aromatic carbocycles. The van der Waals surface area contributed by atoms with Crippen LogP contribution in [-0.2, 0) is 21.4 Å². The van der Waals surface area contributed by atoms with E-state index in [-0.39, 0.29) is 17.0 Å². The van der Waals surface area contributed by atoms with Gasteiger partial charge in [0.2, 0.25) is 0 Å². The highest BCUT2D eigenvalue weighted by Crippen LogP contribution is 2.43. The predicted octanol–water partition coefficient (Wildman–Crippen LogP) is 3.18. The summed E-state index contributed by atoms with van der Waals surface area (Å²) in [5.41, 5.74) is 1.48. The number of hydrogen-bond donors (Lipinski definition) is 1. The van der Waals surface area contributed by atoms with Crippen molar-refractivity contribution in [2.45, 2.75) is 51.4 Å². The van der Waals surface area contributed by atoms with Crippen LogP contribution in [0.2, 0.25) is 5.02 Å². The van der Waals surface area contributed by atoms with Crippen LogP contribution >= 0.6 is 11.6 Å². The topological polar surface area (TPSA) is 78.3 Å². The molecule has 1 amide bonds. The standard InChI is InChI=1S/C20H27ClN4O3/c1-3-27-18(28-4-2)13-25-12-17(23-24-25)19(26)22-14-20(10-5-11-20)15-6-8-16(21)9-7-15/h6-9,12,18H,3-5,10-11,13-14H2,1-2H3,(H,22,26). The lowest BCUT2D eigenvalue weighted by molar-refractivity contribution is -0.145. The van der Waals surface area contributed by atoms with Crippen LogP contribution in [0, 0.1) is 0 Å². The molecule has 1 saturated carbocycles. The largest absolute Gasteiger partial charge is 0.351 e. The first-order valence-electron chi connectivity index (χ1n) is 9.74. The van der Waals surface area contributed by atoms with Gasteiger partial charge in [-0.1, -0.05) is 35.4 Å². The summed E-state index contributed by atoms with van der Waals surface area (Å²) in [5.74, 6) is -0.226. The third kappa shape index (κ3) is 4.90. The lowest BCUT2D eigenvalue weighted by atomic mass is 9.64. The zero-order chi connectivity index (χ0) is 20.0. The van der Waals surface area contributed by atoms with Gasteiger partial charge in [-0.3, -0.25) is 4.79 Å². The molecule has 28 heavy (non-hydrogen) atoms. The van der Waals surface area contributed by atoms with Gasteiger partial charge < -0.3 is 14.8 Å². The van der Waals surface area contributed by atoms with E-state index < -0.39 is 6.29 Å². The van der Waals surface area contributed by atoms with Crippen molar-refractivity contribution >= 4 is 17.5 Å². The van der Waals surface area contributed by atoms with Gasteiger partial charge in [0.05, 0.1) is 12.7 Å². The van der Waals surface area contributed by atoms with E-state index in [9.17, 15) is 4.79 Å². The zero-order valence-corrected chi connectivity index (χ0v) is 17.1. The molecule has 0 radical (unpaired) electrons. The maximum atomic E-state index is 12.6. The van der Waals surface area contributed by atoms with Crippen LogP contribution in [0.1, 0.15) is 49.2 Å². The van der Waals surface area contributed by atoms with Gasteiger partial charge in [0.15, 0.2) is 12.0 Å². The second-order valence-electron chi connectivity index (χ2n) is 6.99. The Bertz CT molecular complexity index is 768. The SMILES string of the molecule is CCOC(Cn1cc(C(=O)NCC2(c3ccc(Cl)cc3)CCC2)nn1)OCC. The fraction of sp³-hybridized carbons (Fsp3) is 0.550. The molecule has 1 aliphatic carbocycles. The summed E-state index contributed by atoms with van der Waals surface area (Å²) in [7, 11) is 0. The molecule has 0 saturated heterocycles. The van der Waals surface area contributed by atoms with E-state index in [4.69, 9.17) is 21.1 Å². The van der Waals surface area contributed by atoms with E-state index in [1.165, 1.54) is 5.56 Å². The molecule has 3 rings (SSSR count). The molecule has 1 aromatic heterocycles. The molecule has 1 N–H and O–H groups in total. The average Bonchev–Trinajstić information content (AvgIpc) is 3.11. The number of nitrogens with one attached hydrogen (secondary N) is 1. The van der Waals surface area contributed by atoms with Crippen molar-refractivity contribution in [3.63, 3.8) is 0 Å². The molecule has 1 aliphatic rings. The van der Waals surface area contributed by atoms with Crippen LogP contribution in [0.4, 0.5) is 0 Å². The molecule has 0 atom stereocenters. The van der Waals surface area contributed by atoms with Crippen LogP contribution in [0.25, 0.3) is 0 Å². The third-order valence-corrected chi connectivity index (χ3v) is 5.42. The summed E-state index contributed by atoms with van der Waals surface area (Å²) in [4.78, 5) is 12.6. The van der Waals surface area contributed by atoms with Crippen molar-refractivity contribution in [3.05, 3.63) is 46.7 Å². The number of carbonyl (C=O) groups is 1. The van der Waals surface area contributed by atoms with Gasteiger partial charge in [-0.25, -0.2) is 4.68 Å². The fourth-order valence-electron chi connectivity index (χ4n) is 3.48. The first kappa shape index (κ1) is 20.8. The molecule has 0 aliphatic heterocycles. The van der Waals surface area contributed by atoms with Crippen LogP contribution in [-0.4, -0.2) is 46.9 Å². The van der Waals surface area contributed by atoms with Crippen molar-refractivity contribution in [2.24, 2.45) is 0 Å². The lowest BCUT2D eigenvalue weighted by Gasteiger charge is -2.42. The van der Waals surface area contributed by atoms with Crippen LogP contribution in [0.15, 0.2) is 30.5 Å². The normalized spacial score (nSPS) is 15.4. The average molecular weight is 407 g/mol. The van der Waals surface area contributed by atoms with Gasteiger partial charge in [-0.05, 0) is 44.4 Å². The number of ether oxygens (including phenoxy) is 2. The molecule has 0 spiro atoms. The number of rotatable bonds is 10. The van der Waals surface area contributed by atoms with Gasteiger partial charge in [-0.2, -0.15) is 0 Å². The number of amides is 1. The maximum absolute atomic E-state index is 12.6. The molecule has 0 bridgehead atoms. The van der Waals surface area contributed by atoms with Gasteiger partial charge in [0.1, 0.15) is 0 Å². The first-order chi connectivity index (χ1) is 13.6. The van der Waals surface area contributed by atoms with Gasteiger partial charge in [0.25, 0.3) is 5.91 Å². The van der Waals surface area contributed by atoms with Crippen molar-refractivity contribution in [3.8, 4) is 0 Å². The summed E-state index contributed by atoms with van der Waals surface area (Å²) in [5, 5.41) is 11.8. The second kappa shape index (κ2) is 9.49. The summed E-state index contributed by atoms with van der Waals surface area (Å²) >= 11 is 6.00.